The summed E-state index contributed by atoms with van der Waals surface area (Å²) < 4.78 is 6.02. The highest BCUT2D eigenvalue weighted by atomic mass is 16.5. The van der Waals surface area contributed by atoms with E-state index in [9.17, 15) is 9.90 Å². The average Bonchev–Trinajstić information content (AvgIpc) is 2.94. The highest BCUT2D eigenvalue weighted by molar-refractivity contribution is 5.95. The number of pyridine rings is 1. The Kier molecular flexibility index (Phi) is 12.9. The maximum Gasteiger partial charge on any atom is 0.290 e. The van der Waals surface area contributed by atoms with Gasteiger partial charge in [-0.2, -0.15) is 0 Å². The Morgan fingerprint density at radius 1 is 0.973 bits per heavy atom. The molecule has 0 aliphatic heterocycles. The van der Waals surface area contributed by atoms with Gasteiger partial charge in [0.25, 0.3) is 12.4 Å². The smallest absolute Gasteiger partial charge is 0.290 e. The van der Waals surface area contributed by atoms with E-state index in [2.05, 4.69) is 11.9 Å². The number of carbonyl (C=O) groups excluding carboxylic acids is 1. The van der Waals surface area contributed by atoms with Gasteiger partial charge in [0.15, 0.2) is 6.23 Å². The summed E-state index contributed by atoms with van der Waals surface area (Å²) in [5, 5.41) is 18.3. The van der Waals surface area contributed by atoms with Gasteiger partial charge in [-0.15, -0.1) is 0 Å². The second-order valence-electron chi connectivity index (χ2n) is 8.71. The molecule has 1 aromatic heterocycles. The lowest BCUT2D eigenvalue weighted by Gasteiger charge is -2.34. The molecule has 0 radical (unpaired) electrons. The third kappa shape index (κ3) is 8.72. The predicted octanol–water partition coefficient (Wildman–Crippen LogP) is 6.34. The molecule has 1 heterocycles. The SMILES string of the molecule is CCCCCCOc1ccccc1C(O)N(C(=O)c1ccc(-c2ccncc2)cc1)C(C)CC.O=CO. The molecule has 0 saturated heterocycles. The highest BCUT2D eigenvalue weighted by Crippen LogP contribution is 2.31. The van der Waals surface area contributed by atoms with Crippen LogP contribution in [0.25, 0.3) is 11.1 Å². The molecule has 1 amide bonds. The summed E-state index contributed by atoms with van der Waals surface area (Å²) in [6.07, 6.45) is 7.56. The van der Waals surface area contributed by atoms with Crippen LogP contribution in [-0.2, 0) is 4.79 Å². The monoisotopic (exact) mass is 506 g/mol. The molecule has 3 aromatic rings. The zero-order chi connectivity index (χ0) is 27.0. The summed E-state index contributed by atoms with van der Waals surface area (Å²) in [4.78, 5) is 27.5. The van der Waals surface area contributed by atoms with Gasteiger partial charge in [-0.1, -0.05) is 63.4 Å². The molecule has 2 atom stereocenters. The molecule has 198 valence electrons. The fourth-order valence-electron chi connectivity index (χ4n) is 3.93. The van der Waals surface area contributed by atoms with Gasteiger partial charge in [0.2, 0.25) is 0 Å². The van der Waals surface area contributed by atoms with Gasteiger partial charge in [0, 0.05) is 29.6 Å². The maximum absolute atomic E-state index is 13.6. The highest BCUT2D eigenvalue weighted by Gasteiger charge is 2.30. The normalized spacial score (nSPS) is 12.0. The number of carbonyl (C=O) groups is 2. The first-order valence-corrected chi connectivity index (χ1v) is 12.8. The fourth-order valence-corrected chi connectivity index (χ4v) is 3.93. The van der Waals surface area contributed by atoms with E-state index in [1.54, 1.807) is 17.3 Å². The molecule has 2 unspecified atom stereocenters. The number of para-hydroxylation sites is 1. The van der Waals surface area contributed by atoms with Crippen LogP contribution in [0.2, 0.25) is 0 Å². The Morgan fingerprint density at radius 2 is 1.59 bits per heavy atom. The molecule has 0 saturated carbocycles. The molecule has 2 N–H and O–H groups in total. The van der Waals surface area contributed by atoms with Crippen molar-refractivity contribution in [2.45, 2.75) is 65.1 Å². The van der Waals surface area contributed by atoms with Gasteiger partial charge in [0.1, 0.15) is 5.75 Å². The minimum absolute atomic E-state index is 0.153. The topological polar surface area (TPSA) is 100.0 Å². The standard InChI is InChI=1S/C29H36N2O3.CH2O2/c1-4-6-7-10-21-34-27-12-9-8-11-26(27)29(33)31(22(3)5-2)28(32)25-15-13-23(14-16-25)24-17-19-30-20-18-24;2-1-3/h8-9,11-20,22,29,33H,4-7,10,21H2,1-3H3;1H,(H,2,3). The van der Waals surface area contributed by atoms with Gasteiger partial charge in [-0.3, -0.25) is 14.6 Å². The van der Waals surface area contributed by atoms with Crippen LogP contribution in [0.3, 0.4) is 0 Å². The number of carboxylic acid groups (broad SMARTS) is 1. The van der Waals surface area contributed by atoms with E-state index in [4.69, 9.17) is 14.6 Å². The largest absolute Gasteiger partial charge is 0.493 e. The minimum Gasteiger partial charge on any atom is -0.493 e. The third-order valence-corrected chi connectivity index (χ3v) is 6.16. The minimum atomic E-state index is -1.10. The number of hydrogen-bond donors (Lipinski definition) is 2. The number of aromatic nitrogens is 1. The molecule has 0 aliphatic carbocycles. The van der Waals surface area contributed by atoms with Crippen LogP contribution in [0.4, 0.5) is 0 Å². The summed E-state index contributed by atoms with van der Waals surface area (Å²) in [6.45, 7) is 6.50. The van der Waals surface area contributed by atoms with Crippen LogP contribution in [0.5, 0.6) is 5.75 Å². The number of unbranched alkanes of at least 4 members (excludes halogenated alkanes) is 3. The lowest BCUT2D eigenvalue weighted by molar-refractivity contribution is -0.122. The number of nitrogens with zero attached hydrogens (tertiary/aromatic N) is 2. The molecule has 0 bridgehead atoms. The molecule has 0 fully saturated rings. The van der Waals surface area contributed by atoms with Crippen LogP contribution >= 0.6 is 0 Å². The molecule has 3 rings (SSSR count). The number of benzene rings is 2. The van der Waals surface area contributed by atoms with E-state index < -0.39 is 6.23 Å². The van der Waals surface area contributed by atoms with Crippen molar-refractivity contribution in [2.24, 2.45) is 0 Å². The van der Waals surface area contributed by atoms with Crippen molar-refractivity contribution in [1.29, 1.82) is 0 Å². The molecule has 0 spiro atoms. The molecule has 2 aromatic carbocycles. The van der Waals surface area contributed by atoms with Crippen molar-refractivity contribution in [3.05, 3.63) is 84.2 Å². The number of rotatable bonds is 12. The van der Waals surface area contributed by atoms with Crippen molar-refractivity contribution in [1.82, 2.24) is 9.88 Å². The first-order chi connectivity index (χ1) is 18.0. The zero-order valence-corrected chi connectivity index (χ0v) is 21.9. The van der Waals surface area contributed by atoms with Gasteiger partial charge in [-0.25, -0.2) is 0 Å². The third-order valence-electron chi connectivity index (χ3n) is 6.16. The van der Waals surface area contributed by atoms with E-state index >= 15 is 0 Å². The van der Waals surface area contributed by atoms with Gasteiger partial charge < -0.3 is 19.8 Å². The Labute approximate surface area is 219 Å². The molecule has 7 heteroatoms. The van der Waals surface area contributed by atoms with Gasteiger partial charge in [0.05, 0.1) is 6.61 Å². The van der Waals surface area contributed by atoms with Crippen LogP contribution in [-0.4, -0.2) is 45.1 Å². The molecular weight excluding hydrogens is 468 g/mol. The Morgan fingerprint density at radius 3 is 2.22 bits per heavy atom. The lowest BCUT2D eigenvalue weighted by atomic mass is 10.0. The second kappa shape index (κ2) is 16.1. The van der Waals surface area contributed by atoms with Crippen molar-refractivity contribution in [3.63, 3.8) is 0 Å². The number of amides is 1. The second-order valence-corrected chi connectivity index (χ2v) is 8.71. The number of hydrogen-bond acceptors (Lipinski definition) is 5. The van der Waals surface area contributed by atoms with E-state index in [-0.39, 0.29) is 18.4 Å². The predicted molar refractivity (Wildman–Crippen MR) is 145 cm³/mol. The number of aliphatic hydroxyl groups is 1. The van der Waals surface area contributed by atoms with E-state index in [1.807, 2.05) is 74.5 Å². The van der Waals surface area contributed by atoms with Crippen molar-refractivity contribution < 1.29 is 24.5 Å². The first-order valence-electron chi connectivity index (χ1n) is 12.8. The van der Waals surface area contributed by atoms with Crippen LogP contribution in [0.15, 0.2) is 73.1 Å². The zero-order valence-electron chi connectivity index (χ0n) is 21.9. The molecule has 37 heavy (non-hydrogen) atoms. The van der Waals surface area contributed by atoms with Crippen molar-refractivity contribution in [2.75, 3.05) is 6.61 Å². The summed E-state index contributed by atoms with van der Waals surface area (Å²) in [7, 11) is 0. The summed E-state index contributed by atoms with van der Waals surface area (Å²) in [6, 6.07) is 18.7. The lowest BCUT2D eigenvalue weighted by Crippen LogP contribution is -2.41. The van der Waals surface area contributed by atoms with Crippen LogP contribution in [0.1, 0.15) is 75.0 Å². The number of aliphatic hydroxyl groups excluding tert-OH is 1. The van der Waals surface area contributed by atoms with Crippen molar-refractivity contribution in [3.8, 4) is 16.9 Å². The summed E-state index contributed by atoms with van der Waals surface area (Å²) in [5.41, 5.74) is 3.20. The average molecular weight is 507 g/mol. The quantitative estimate of drug-likeness (QED) is 0.169. The Balaban J connectivity index is 0.00000153. The Hall–Kier alpha value is -3.71. The molecule has 7 nitrogen and oxygen atoms in total. The van der Waals surface area contributed by atoms with E-state index in [0.29, 0.717) is 23.5 Å². The molecule has 0 aliphatic rings. The summed E-state index contributed by atoms with van der Waals surface area (Å²) >= 11 is 0. The van der Waals surface area contributed by atoms with Gasteiger partial charge >= 0.3 is 0 Å². The number of ether oxygens (including phenoxy) is 1. The Bertz CT molecular complexity index is 1070. The van der Waals surface area contributed by atoms with Gasteiger partial charge in [-0.05, 0) is 61.2 Å². The van der Waals surface area contributed by atoms with Crippen LogP contribution < -0.4 is 4.74 Å². The fraction of sp³-hybridized carbons (Fsp3) is 0.367. The van der Waals surface area contributed by atoms with Crippen LogP contribution in [0, 0.1) is 0 Å². The van der Waals surface area contributed by atoms with E-state index in [0.717, 1.165) is 30.4 Å². The summed E-state index contributed by atoms with van der Waals surface area (Å²) in [5.74, 6) is 0.418. The van der Waals surface area contributed by atoms with E-state index in [1.165, 1.54) is 12.8 Å². The maximum atomic E-state index is 13.6. The first kappa shape index (κ1) is 29.5. The molecular formula is C30H38N2O5. The van der Waals surface area contributed by atoms with Crippen molar-refractivity contribution >= 4 is 12.4 Å².